The highest BCUT2D eigenvalue weighted by Gasteiger charge is 2.51. The van der Waals surface area contributed by atoms with Crippen LogP contribution in [0.4, 0.5) is 0 Å². The maximum Gasteiger partial charge on any atom is 0.216 e. The zero-order valence-electron chi connectivity index (χ0n) is 19.1. The highest BCUT2D eigenvalue weighted by atomic mass is 32.2. The third kappa shape index (κ3) is 3.71. The minimum absolute atomic E-state index is 0.0221. The van der Waals surface area contributed by atoms with Crippen molar-refractivity contribution in [2.75, 3.05) is 40.3 Å². The summed E-state index contributed by atoms with van der Waals surface area (Å²) in [5, 5.41) is 10.1. The first-order chi connectivity index (χ1) is 14.7. The quantitative estimate of drug-likeness (QED) is 0.751. The van der Waals surface area contributed by atoms with Gasteiger partial charge in [-0.3, -0.25) is 0 Å². The van der Waals surface area contributed by atoms with Gasteiger partial charge in [-0.15, -0.1) is 0 Å². The molecular weight excluding hydrogens is 410 g/mol. The molecule has 6 nitrogen and oxygen atoms in total. The van der Waals surface area contributed by atoms with Crippen molar-refractivity contribution in [1.29, 1.82) is 0 Å². The fraction of sp³-hybridized carbons (Fsp3) is 0.750. The summed E-state index contributed by atoms with van der Waals surface area (Å²) >= 11 is 0. The topological polar surface area (TPSA) is 64.1 Å². The maximum absolute atomic E-state index is 12.6. The van der Waals surface area contributed by atoms with Crippen LogP contribution in [0.2, 0.25) is 0 Å². The average molecular weight is 448 g/mol. The van der Waals surface area contributed by atoms with E-state index in [0.29, 0.717) is 36.8 Å². The minimum atomic E-state index is -3.04. The summed E-state index contributed by atoms with van der Waals surface area (Å²) in [6, 6.07) is 6.80. The van der Waals surface area contributed by atoms with Gasteiger partial charge in [-0.1, -0.05) is 13.0 Å². The molecule has 172 valence electrons. The molecule has 4 aliphatic rings. The normalized spacial score (nSPS) is 32.9. The monoisotopic (exact) mass is 447 g/mol. The molecule has 1 N–H and O–H groups in total. The fourth-order valence-corrected chi connectivity index (χ4v) is 8.55. The van der Waals surface area contributed by atoms with Gasteiger partial charge in [0.15, 0.2) is 0 Å². The van der Waals surface area contributed by atoms with E-state index in [4.69, 9.17) is 0 Å². The molecule has 2 heterocycles. The lowest BCUT2D eigenvalue weighted by atomic mass is 9.61. The van der Waals surface area contributed by atoms with E-state index in [2.05, 4.69) is 36.9 Å². The zero-order chi connectivity index (χ0) is 22.0. The predicted molar refractivity (Wildman–Crippen MR) is 123 cm³/mol. The molecular formula is C24H37N3O3S. The number of phenols is 1. The third-order valence-corrected chi connectivity index (χ3v) is 11.0. The van der Waals surface area contributed by atoms with E-state index in [-0.39, 0.29) is 10.7 Å². The van der Waals surface area contributed by atoms with E-state index < -0.39 is 10.0 Å². The average Bonchev–Trinajstić information content (AvgIpc) is 3.58. The van der Waals surface area contributed by atoms with Crippen molar-refractivity contribution in [1.82, 2.24) is 14.1 Å². The second kappa shape index (κ2) is 7.72. The first-order valence-corrected chi connectivity index (χ1v) is 13.4. The predicted octanol–water partition coefficient (Wildman–Crippen LogP) is 2.41. The summed E-state index contributed by atoms with van der Waals surface area (Å²) in [5.74, 6) is 0.902. The molecule has 2 aliphatic heterocycles. The van der Waals surface area contributed by atoms with Crippen molar-refractivity contribution >= 4 is 10.0 Å². The number of aromatic hydroxyl groups is 1. The summed E-state index contributed by atoms with van der Waals surface area (Å²) in [5.41, 5.74) is 2.72. The number of rotatable bonds is 5. The van der Waals surface area contributed by atoms with Gasteiger partial charge in [0.25, 0.3) is 0 Å². The number of nitrogens with zero attached hydrogens (tertiary/aromatic N) is 3. The summed E-state index contributed by atoms with van der Waals surface area (Å²) in [6.45, 7) is 5.84. The Morgan fingerprint density at radius 3 is 2.55 bits per heavy atom. The number of likely N-dealkylation sites (N-methyl/N-ethyl adjacent to an activating group) is 2. The Bertz CT molecular complexity index is 939. The molecule has 0 radical (unpaired) electrons. The van der Waals surface area contributed by atoms with Crippen LogP contribution in [-0.4, -0.2) is 85.2 Å². The number of fused-ring (bicyclic) bond motifs is 4. The Balaban J connectivity index is 1.31. The third-order valence-electron chi connectivity index (χ3n) is 8.61. The lowest BCUT2D eigenvalue weighted by Crippen LogP contribution is -2.66. The SMILES string of the molecule is CN1CC[C@]2(C)c3cc(O)ccc3C[C@@H]1[C@@H]2N(C)CC1CCN(S(=O)(=O)C2CC2)CC1. The molecule has 0 unspecified atom stereocenters. The number of sulfonamides is 1. The molecule has 0 amide bonds. The van der Waals surface area contributed by atoms with Crippen molar-refractivity contribution in [3.8, 4) is 5.75 Å². The fourth-order valence-electron chi connectivity index (χ4n) is 6.67. The van der Waals surface area contributed by atoms with E-state index in [1.807, 2.05) is 12.1 Å². The van der Waals surface area contributed by atoms with Gasteiger partial charge < -0.3 is 14.9 Å². The van der Waals surface area contributed by atoms with Crippen molar-refractivity contribution in [3.05, 3.63) is 29.3 Å². The van der Waals surface area contributed by atoms with Crippen LogP contribution >= 0.6 is 0 Å². The van der Waals surface area contributed by atoms with E-state index in [1.165, 1.54) is 11.1 Å². The summed E-state index contributed by atoms with van der Waals surface area (Å²) in [6.07, 6.45) is 5.71. The Labute approximate surface area is 187 Å². The zero-order valence-corrected chi connectivity index (χ0v) is 19.9. The molecule has 5 rings (SSSR count). The van der Waals surface area contributed by atoms with Crippen molar-refractivity contribution in [2.24, 2.45) is 5.92 Å². The van der Waals surface area contributed by atoms with Gasteiger partial charge in [0, 0.05) is 37.1 Å². The summed E-state index contributed by atoms with van der Waals surface area (Å²) in [7, 11) is 1.47. The van der Waals surface area contributed by atoms with Gasteiger partial charge in [-0.25, -0.2) is 12.7 Å². The van der Waals surface area contributed by atoms with Gasteiger partial charge >= 0.3 is 0 Å². The van der Waals surface area contributed by atoms with Gasteiger partial charge in [-0.2, -0.15) is 0 Å². The Kier molecular flexibility index (Phi) is 5.40. The number of likely N-dealkylation sites (tertiary alicyclic amines) is 1. The molecule has 2 saturated heterocycles. The van der Waals surface area contributed by atoms with E-state index in [9.17, 15) is 13.5 Å². The highest BCUT2D eigenvalue weighted by Crippen LogP contribution is 2.47. The number of hydrogen-bond donors (Lipinski definition) is 1. The molecule has 31 heavy (non-hydrogen) atoms. The number of benzene rings is 1. The molecule has 3 atom stereocenters. The Morgan fingerprint density at radius 1 is 1.16 bits per heavy atom. The summed E-state index contributed by atoms with van der Waals surface area (Å²) < 4.78 is 26.9. The Morgan fingerprint density at radius 2 is 1.87 bits per heavy atom. The van der Waals surface area contributed by atoms with Crippen molar-refractivity contribution in [3.63, 3.8) is 0 Å². The largest absolute Gasteiger partial charge is 0.508 e. The van der Waals surface area contributed by atoms with E-state index >= 15 is 0 Å². The van der Waals surface area contributed by atoms with Crippen LogP contribution < -0.4 is 0 Å². The molecule has 1 saturated carbocycles. The molecule has 7 heteroatoms. The van der Waals surface area contributed by atoms with E-state index in [0.717, 1.165) is 51.6 Å². The van der Waals surface area contributed by atoms with Gasteiger partial charge in [-0.05, 0) is 88.3 Å². The van der Waals surface area contributed by atoms with Crippen LogP contribution in [0.25, 0.3) is 0 Å². The van der Waals surface area contributed by atoms with Crippen LogP contribution in [0.5, 0.6) is 5.75 Å². The molecule has 0 aromatic heterocycles. The van der Waals surface area contributed by atoms with Gasteiger partial charge in [0.1, 0.15) is 5.75 Å². The molecule has 1 aromatic carbocycles. The van der Waals surface area contributed by atoms with Crippen molar-refractivity contribution < 1.29 is 13.5 Å². The smallest absolute Gasteiger partial charge is 0.216 e. The number of hydrogen-bond acceptors (Lipinski definition) is 5. The standard InChI is InChI=1S/C24H37N3O3S/c1-24-10-13-25(2)22(14-18-4-5-19(28)15-21(18)24)23(24)26(3)16-17-8-11-27(12-9-17)31(29,30)20-6-7-20/h4-5,15,17,20,22-23,28H,6-14,16H2,1-3H3/t22-,23+,24-/m1/s1. The van der Waals surface area contributed by atoms with Crippen LogP contribution in [0.15, 0.2) is 18.2 Å². The number of piperidine rings is 2. The lowest BCUT2D eigenvalue weighted by molar-refractivity contribution is -0.00615. The molecule has 1 aromatic rings. The first kappa shape index (κ1) is 21.7. The summed E-state index contributed by atoms with van der Waals surface area (Å²) in [4.78, 5) is 5.08. The lowest BCUT2D eigenvalue weighted by Gasteiger charge is -2.58. The van der Waals surface area contributed by atoms with Crippen molar-refractivity contribution in [2.45, 2.75) is 68.2 Å². The molecule has 0 spiro atoms. The highest BCUT2D eigenvalue weighted by molar-refractivity contribution is 7.90. The maximum atomic E-state index is 12.6. The first-order valence-electron chi connectivity index (χ1n) is 11.9. The molecule has 2 bridgehead atoms. The van der Waals surface area contributed by atoms with E-state index in [1.54, 1.807) is 4.31 Å². The van der Waals surface area contributed by atoms with Gasteiger partial charge in [0.2, 0.25) is 10.0 Å². The van der Waals surface area contributed by atoms with Crippen LogP contribution in [-0.2, 0) is 21.9 Å². The second-order valence-corrected chi connectivity index (χ2v) is 12.9. The number of phenolic OH excluding ortho intramolecular Hbond substituents is 1. The second-order valence-electron chi connectivity index (χ2n) is 10.7. The van der Waals surface area contributed by atoms with Gasteiger partial charge in [0.05, 0.1) is 5.25 Å². The minimum Gasteiger partial charge on any atom is -0.508 e. The molecule has 2 aliphatic carbocycles. The van der Waals surface area contributed by atoms with Crippen LogP contribution in [0.1, 0.15) is 50.2 Å². The van der Waals surface area contributed by atoms with Crippen LogP contribution in [0, 0.1) is 5.92 Å². The van der Waals surface area contributed by atoms with Crippen LogP contribution in [0.3, 0.4) is 0 Å². The Hall–Kier alpha value is -1.15. The molecule has 3 fully saturated rings.